The van der Waals surface area contributed by atoms with Gasteiger partial charge in [-0.2, -0.15) is 0 Å². The molecule has 5 atom stereocenters. The zero-order chi connectivity index (χ0) is 20.3. The molecule has 2 saturated carbocycles. The topological polar surface area (TPSA) is 75.6 Å². The van der Waals surface area contributed by atoms with Crippen LogP contribution in [0.2, 0.25) is 0 Å². The number of esters is 1. The summed E-state index contributed by atoms with van der Waals surface area (Å²) < 4.78 is 5.10. The van der Waals surface area contributed by atoms with Crippen molar-refractivity contribution in [1.82, 2.24) is 0 Å². The quantitative estimate of drug-likeness (QED) is 0.737. The number of benzene rings is 2. The van der Waals surface area contributed by atoms with Gasteiger partial charge in [-0.1, -0.05) is 18.2 Å². The summed E-state index contributed by atoms with van der Waals surface area (Å²) in [5.74, 6) is 0.784. The van der Waals surface area contributed by atoms with Crippen LogP contribution < -0.4 is 5.32 Å². The number of carbonyl (C=O) groups excluding carboxylic acids is 1. The average molecular weight is 391 g/mol. The molecule has 1 heterocycles. The van der Waals surface area contributed by atoms with Gasteiger partial charge in [0.2, 0.25) is 0 Å². The number of anilines is 1. The minimum Gasteiger partial charge on any atom is -0.478 e. The van der Waals surface area contributed by atoms with Crippen LogP contribution in [0.25, 0.3) is 0 Å². The molecular weight excluding hydrogens is 366 g/mol. The highest BCUT2D eigenvalue weighted by molar-refractivity contribution is 5.94. The lowest BCUT2D eigenvalue weighted by Crippen LogP contribution is -2.37. The van der Waals surface area contributed by atoms with Crippen molar-refractivity contribution < 1.29 is 19.4 Å². The maximum atomic E-state index is 12.5. The van der Waals surface area contributed by atoms with Crippen LogP contribution in [0.4, 0.5) is 5.69 Å². The Morgan fingerprint density at radius 2 is 1.79 bits per heavy atom. The van der Waals surface area contributed by atoms with Gasteiger partial charge < -0.3 is 15.2 Å². The number of fused-ring (bicyclic) bond motifs is 7. The second-order valence-corrected chi connectivity index (χ2v) is 8.70. The summed E-state index contributed by atoms with van der Waals surface area (Å²) >= 11 is 0. The average Bonchev–Trinajstić information content (AvgIpc) is 3.36. The number of carboxylic acids is 1. The van der Waals surface area contributed by atoms with Gasteiger partial charge in [-0.3, -0.25) is 0 Å². The van der Waals surface area contributed by atoms with E-state index in [1.807, 2.05) is 24.3 Å². The molecule has 0 radical (unpaired) electrons. The van der Waals surface area contributed by atoms with Gasteiger partial charge in [0.25, 0.3) is 0 Å². The fourth-order valence-electron chi connectivity index (χ4n) is 6.19. The third kappa shape index (κ3) is 2.67. The number of nitrogens with one attached hydrogen (secondary N) is 1. The summed E-state index contributed by atoms with van der Waals surface area (Å²) in [6, 6.07) is 11.3. The van der Waals surface area contributed by atoms with Gasteiger partial charge in [-0.15, -0.1) is 0 Å². The van der Waals surface area contributed by atoms with Crippen LogP contribution >= 0.6 is 0 Å². The van der Waals surface area contributed by atoms with E-state index >= 15 is 0 Å². The maximum Gasteiger partial charge on any atom is 0.338 e. The van der Waals surface area contributed by atoms with Gasteiger partial charge in [0.05, 0.1) is 24.3 Å². The van der Waals surface area contributed by atoms with Crippen molar-refractivity contribution in [3.63, 3.8) is 0 Å². The number of methoxy groups -OCH3 is 1. The number of aryl methyl sites for hydroxylation is 1. The van der Waals surface area contributed by atoms with E-state index in [1.165, 1.54) is 26.4 Å². The van der Waals surface area contributed by atoms with E-state index in [0.29, 0.717) is 34.8 Å². The Labute approximate surface area is 170 Å². The smallest absolute Gasteiger partial charge is 0.338 e. The highest BCUT2D eigenvalue weighted by Gasteiger charge is 2.55. The summed E-state index contributed by atoms with van der Waals surface area (Å²) in [5, 5.41) is 13.0. The molecule has 150 valence electrons. The number of hydrogen-bond donors (Lipinski definition) is 2. The molecule has 1 aliphatic heterocycles. The van der Waals surface area contributed by atoms with Crippen molar-refractivity contribution >= 4 is 17.6 Å². The highest BCUT2D eigenvalue weighted by Crippen LogP contribution is 2.64. The Bertz CT molecular complexity index is 997. The summed E-state index contributed by atoms with van der Waals surface area (Å²) in [4.78, 5) is 23.8. The van der Waals surface area contributed by atoms with Crippen LogP contribution in [0.15, 0.2) is 36.4 Å². The first-order valence-electron chi connectivity index (χ1n) is 10.3. The van der Waals surface area contributed by atoms with Crippen molar-refractivity contribution in [2.75, 3.05) is 12.4 Å². The number of carboxylic acid groups (broad SMARTS) is 1. The molecule has 2 aliphatic carbocycles. The molecule has 0 aromatic heterocycles. The molecule has 5 nitrogen and oxygen atoms in total. The maximum absolute atomic E-state index is 12.5. The Morgan fingerprint density at radius 1 is 1.07 bits per heavy atom. The minimum atomic E-state index is -0.908. The molecule has 0 amide bonds. The van der Waals surface area contributed by atoms with E-state index in [9.17, 15) is 14.7 Å². The number of rotatable bonds is 3. The third-order valence-electron chi connectivity index (χ3n) is 7.37. The van der Waals surface area contributed by atoms with Crippen molar-refractivity contribution in [1.29, 1.82) is 0 Å². The van der Waals surface area contributed by atoms with E-state index < -0.39 is 5.97 Å². The standard InChI is InChI=1S/C24H25NO4/c1-12-3-10-17(24(28)29-2)20-18-15-8-9-16(11-15)19(18)22(25-21(12)20)13-4-6-14(7-5-13)23(26)27/h3-7,10,15-16,18-19,22,25H,8-9,11H2,1-2H3,(H,26,27)/t15-,16-,18+,19-,22-/m0/s1. The van der Waals surface area contributed by atoms with Crippen LogP contribution in [0.3, 0.4) is 0 Å². The van der Waals surface area contributed by atoms with E-state index in [2.05, 4.69) is 12.2 Å². The second-order valence-electron chi connectivity index (χ2n) is 8.70. The van der Waals surface area contributed by atoms with E-state index in [1.54, 1.807) is 12.1 Å². The lowest BCUT2D eigenvalue weighted by Gasteiger charge is -2.44. The molecule has 2 N–H and O–H groups in total. The lowest BCUT2D eigenvalue weighted by molar-refractivity contribution is 0.0596. The van der Waals surface area contributed by atoms with Gasteiger partial charge in [0.15, 0.2) is 0 Å². The molecule has 3 aliphatic rings. The zero-order valence-corrected chi connectivity index (χ0v) is 16.6. The fraction of sp³-hybridized carbons (Fsp3) is 0.417. The lowest BCUT2D eigenvalue weighted by atomic mass is 9.66. The van der Waals surface area contributed by atoms with Crippen LogP contribution in [-0.4, -0.2) is 24.2 Å². The second kappa shape index (κ2) is 6.61. The first kappa shape index (κ1) is 18.2. The Balaban J connectivity index is 1.65. The summed E-state index contributed by atoms with van der Waals surface area (Å²) in [6.45, 7) is 2.07. The van der Waals surface area contributed by atoms with Crippen LogP contribution in [0.5, 0.6) is 0 Å². The first-order valence-corrected chi connectivity index (χ1v) is 10.3. The summed E-state index contributed by atoms with van der Waals surface area (Å²) in [5.41, 5.74) is 5.41. The van der Waals surface area contributed by atoms with E-state index in [-0.39, 0.29) is 12.0 Å². The fourth-order valence-corrected chi connectivity index (χ4v) is 6.19. The SMILES string of the molecule is COC(=O)c1ccc(C)c2c1[C@@H]1[C@H]3CC[C@@H](C3)[C@@H]1[C@H](c1ccc(C(=O)O)cc1)N2. The summed E-state index contributed by atoms with van der Waals surface area (Å²) in [7, 11) is 1.44. The normalized spacial score (nSPS) is 29.0. The van der Waals surface area contributed by atoms with Gasteiger partial charge in [0, 0.05) is 5.69 Å². The van der Waals surface area contributed by atoms with Crippen molar-refractivity contribution in [2.45, 2.75) is 38.1 Å². The zero-order valence-electron chi connectivity index (χ0n) is 16.6. The van der Waals surface area contributed by atoms with Crippen molar-refractivity contribution in [3.05, 3.63) is 64.2 Å². The number of aromatic carboxylic acids is 1. The predicted octanol–water partition coefficient (Wildman–Crippen LogP) is 4.78. The molecule has 2 aromatic carbocycles. The van der Waals surface area contributed by atoms with Gasteiger partial charge in [0.1, 0.15) is 0 Å². The van der Waals surface area contributed by atoms with Crippen LogP contribution in [0.1, 0.15) is 68.6 Å². The monoisotopic (exact) mass is 391 g/mol. The van der Waals surface area contributed by atoms with Gasteiger partial charge in [-0.05, 0) is 84.7 Å². The molecular formula is C24H25NO4. The Morgan fingerprint density at radius 3 is 2.48 bits per heavy atom. The molecule has 0 spiro atoms. The van der Waals surface area contributed by atoms with Gasteiger partial charge >= 0.3 is 11.9 Å². The van der Waals surface area contributed by atoms with Crippen molar-refractivity contribution in [2.24, 2.45) is 17.8 Å². The number of hydrogen-bond acceptors (Lipinski definition) is 4. The highest BCUT2D eigenvalue weighted by atomic mass is 16.5. The molecule has 2 bridgehead atoms. The molecule has 2 aromatic rings. The number of carbonyl (C=O) groups is 2. The van der Waals surface area contributed by atoms with Gasteiger partial charge in [-0.25, -0.2) is 9.59 Å². The van der Waals surface area contributed by atoms with E-state index in [0.717, 1.165) is 22.4 Å². The minimum absolute atomic E-state index is 0.122. The first-order chi connectivity index (χ1) is 14.0. The largest absolute Gasteiger partial charge is 0.478 e. The van der Waals surface area contributed by atoms with E-state index in [4.69, 9.17) is 4.74 Å². The van der Waals surface area contributed by atoms with Crippen molar-refractivity contribution in [3.8, 4) is 0 Å². The summed E-state index contributed by atoms with van der Waals surface area (Å²) in [6.07, 6.45) is 3.64. The van der Waals surface area contributed by atoms with Crippen LogP contribution in [-0.2, 0) is 4.74 Å². The molecule has 29 heavy (non-hydrogen) atoms. The van der Waals surface area contributed by atoms with Crippen LogP contribution in [0, 0.1) is 24.7 Å². The Hall–Kier alpha value is -2.82. The molecule has 5 heteroatoms. The molecule has 5 rings (SSSR count). The number of ether oxygens (including phenoxy) is 1. The predicted molar refractivity (Wildman–Crippen MR) is 109 cm³/mol. The molecule has 2 fully saturated rings. The Kier molecular flexibility index (Phi) is 4.16. The third-order valence-corrected chi connectivity index (χ3v) is 7.37. The molecule has 0 unspecified atom stereocenters. The molecule has 0 saturated heterocycles.